The van der Waals surface area contributed by atoms with E-state index in [1.54, 1.807) is 0 Å². The lowest BCUT2D eigenvalue weighted by Gasteiger charge is -2.11. The van der Waals surface area contributed by atoms with E-state index < -0.39 is 0 Å². The Balaban J connectivity index is 1.54. The fraction of sp³-hybridized carbons (Fsp3) is 0.0370. The summed E-state index contributed by atoms with van der Waals surface area (Å²) in [5.74, 6) is 0.979. The smallest absolute Gasteiger partial charge is 0.141 e. The molecule has 0 N–H and O–H groups in total. The third-order valence-electron chi connectivity index (χ3n) is 5.22. The maximum absolute atomic E-state index is 8.12. The average molecular weight is 371 g/mol. The molecule has 0 aliphatic heterocycles. The van der Waals surface area contributed by atoms with Gasteiger partial charge in [0.25, 0.3) is 0 Å². The highest BCUT2D eigenvalue weighted by Crippen LogP contribution is 2.27. The van der Waals surface area contributed by atoms with Crippen LogP contribution in [0.5, 0.6) is 0 Å². The molecular formula is C27H19N2. The van der Waals surface area contributed by atoms with Crippen LogP contribution in [0.1, 0.15) is 11.1 Å². The van der Waals surface area contributed by atoms with Crippen LogP contribution in [0, 0.1) is 6.92 Å². The van der Waals surface area contributed by atoms with E-state index in [9.17, 15) is 0 Å². The van der Waals surface area contributed by atoms with Crippen molar-refractivity contribution in [3.05, 3.63) is 121 Å². The Morgan fingerprint density at radius 3 is 2.14 bits per heavy atom. The van der Waals surface area contributed by atoms with Crippen molar-refractivity contribution in [3.8, 4) is 22.5 Å². The predicted molar refractivity (Wildman–Crippen MR) is 118 cm³/mol. The molecule has 0 unspecified atom stereocenters. The first kappa shape index (κ1) is 17.4. The summed E-state index contributed by atoms with van der Waals surface area (Å²) < 4.78 is 2.28. The zero-order valence-electron chi connectivity index (χ0n) is 15.9. The Morgan fingerprint density at radius 1 is 0.655 bits per heavy atom. The van der Waals surface area contributed by atoms with E-state index in [-0.39, 0.29) is 0 Å². The number of hydrogen-bond donors (Lipinski definition) is 0. The Bertz CT molecular complexity index is 1270. The zero-order chi connectivity index (χ0) is 19.6. The second-order valence-electron chi connectivity index (χ2n) is 7.12. The minimum Gasteiger partial charge on any atom is -0.319 e. The lowest BCUT2D eigenvalue weighted by Crippen LogP contribution is -2.02. The van der Waals surface area contributed by atoms with Gasteiger partial charge < -0.3 is 4.57 Å². The van der Waals surface area contributed by atoms with Gasteiger partial charge >= 0.3 is 0 Å². The largest absolute Gasteiger partial charge is 0.319 e. The third kappa shape index (κ3) is 3.34. The van der Waals surface area contributed by atoms with Gasteiger partial charge in [0.1, 0.15) is 5.82 Å². The highest BCUT2D eigenvalue weighted by molar-refractivity contribution is 5.80. The minimum atomic E-state index is 0.548. The third-order valence-corrected chi connectivity index (χ3v) is 5.22. The Morgan fingerprint density at radius 2 is 1.34 bits per heavy atom. The summed E-state index contributed by atoms with van der Waals surface area (Å²) in [6.45, 7) is 8.87. The highest BCUT2D eigenvalue weighted by atomic mass is 15.1. The van der Waals surface area contributed by atoms with Gasteiger partial charge in [-0.2, -0.15) is 0 Å². The lowest BCUT2D eigenvalue weighted by molar-refractivity contribution is 0.834. The molecule has 1 heterocycles. The van der Waals surface area contributed by atoms with E-state index in [1.807, 2.05) is 48.5 Å². The van der Waals surface area contributed by atoms with Crippen molar-refractivity contribution in [1.82, 2.24) is 9.55 Å². The molecule has 2 heteroatoms. The first-order valence-corrected chi connectivity index (χ1v) is 9.70. The van der Waals surface area contributed by atoms with Gasteiger partial charge in [0.05, 0.1) is 11.0 Å². The van der Waals surface area contributed by atoms with Crippen molar-refractivity contribution in [3.63, 3.8) is 0 Å². The van der Waals surface area contributed by atoms with Crippen LogP contribution in [0.25, 0.3) is 33.5 Å². The molecule has 5 aromatic rings. The van der Waals surface area contributed by atoms with E-state index in [0.717, 1.165) is 40.1 Å². The molecule has 0 amide bonds. The van der Waals surface area contributed by atoms with Gasteiger partial charge in [0, 0.05) is 19.0 Å². The maximum Gasteiger partial charge on any atom is 0.141 e. The van der Waals surface area contributed by atoms with Crippen molar-refractivity contribution in [2.75, 3.05) is 0 Å². The standard InChI is InChI=1S/C27H19N2/c1-20-9-5-6-12-24(20)22-17-15-21(16-18-22)19-29-26-14-8-7-13-25(26)28-27(29)23-10-3-2-4-11-23/h2-18H,19H2. The van der Waals surface area contributed by atoms with Crippen LogP contribution in [-0.4, -0.2) is 9.55 Å². The molecule has 0 spiro atoms. The number of hydrogen-bond acceptors (Lipinski definition) is 1. The van der Waals surface area contributed by atoms with Crippen LogP contribution in [0.4, 0.5) is 0 Å². The van der Waals surface area contributed by atoms with Crippen LogP contribution in [-0.2, 0) is 6.54 Å². The molecule has 5 rings (SSSR count). The summed E-state index contributed by atoms with van der Waals surface area (Å²) in [5.41, 5.74) is 7.03. The van der Waals surface area contributed by atoms with Crippen molar-refractivity contribution in [2.45, 2.75) is 6.54 Å². The Labute approximate surface area is 171 Å². The van der Waals surface area contributed by atoms with Crippen molar-refractivity contribution in [2.24, 2.45) is 0 Å². The fourth-order valence-corrected chi connectivity index (χ4v) is 3.75. The number of fused-ring (bicyclic) bond motifs is 1. The van der Waals surface area contributed by atoms with Gasteiger partial charge in [-0.15, -0.1) is 0 Å². The summed E-state index contributed by atoms with van der Waals surface area (Å²) in [6.07, 6.45) is 0. The summed E-state index contributed by atoms with van der Waals surface area (Å²) in [7, 11) is 0. The number of rotatable bonds is 4. The van der Waals surface area contributed by atoms with Crippen LogP contribution < -0.4 is 0 Å². The first-order chi connectivity index (χ1) is 14.3. The topological polar surface area (TPSA) is 17.8 Å². The summed E-state index contributed by atoms with van der Waals surface area (Å²) >= 11 is 0. The molecular weight excluding hydrogens is 352 g/mol. The molecule has 29 heavy (non-hydrogen) atoms. The molecule has 0 aliphatic carbocycles. The molecule has 0 saturated heterocycles. The molecule has 0 fully saturated rings. The average Bonchev–Trinajstić information content (AvgIpc) is 3.14. The number of aromatic nitrogens is 2. The van der Waals surface area contributed by atoms with Crippen molar-refractivity contribution < 1.29 is 0 Å². The summed E-state index contributed by atoms with van der Waals surface area (Å²) in [4.78, 5) is 4.89. The molecule has 0 saturated carbocycles. The van der Waals surface area contributed by atoms with Gasteiger partial charge in [0.15, 0.2) is 0 Å². The van der Waals surface area contributed by atoms with E-state index in [0.29, 0.717) is 5.56 Å². The molecule has 0 bridgehead atoms. The summed E-state index contributed by atoms with van der Waals surface area (Å²) in [6, 6.07) is 34.8. The molecule has 4 aromatic carbocycles. The SMILES string of the molecule is [C]c1ccccc1-c1ccc(Cn2c(-c3ccccc3)nc3ccccc32)cc1. The highest BCUT2D eigenvalue weighted by Gasteiger charge is 2.12. The van der Waals surface area contributed by atoms with E-state index >= 15 is 0 Å². The molecule has 0 atom stereocenters. The Kier molecular flexibility index (Phi) is 4.45. The second kappa shape index (κ2) is 7.40. The molecule has 3 radical (unpaired) electrons. The quantitative estimate of drug-likeness (QED) is 0.360. The number of para-hydroxylation sites is 2. The number of nitrogens with zero attached hydrogens (tertiary/aromatic N) is 2. The normalized spacial score (nSPS) is 11.1. The van der Waals surface area contributed by atoms with Crippen LogP contribution in [0.2, 0.25) is 0 Å². The summed E-state index contributed by atoms with van der Waals surface area (Å²) in [5, 5.41) is 0. The Hall–Kier alpha value is -3.65. The number of imidazole rings is 1. The minimum absolute atomic E-state index is 0.548. The first-order valence-electron chi connectivity index (χ1n) is 9.70. The van der Waals surface area contributed by atoms with Gasteiger partial charge in [-0.1, -0.05) is 91.0 Å². The van der Waals surface area contributed by atoms with Crippen LogP contribution >= 0.6 is 0 Å². The fourth-order valence-electron chi connectivity index (χ4n) is 3.75. The van der Waals surface area contributed by atoms with Gasteiger partial charge in [0.2, 0.25) is 0 Å². The predicted octanol–water partition coefficient (Wildman–Crippen LogP) is 6.35. The monoisotopic (exact) mass is 371 g/mol. The maximum atomic E-state index is 8.12. The lowest BCUT2D eigenvalue weighted by atomic mass is 9.99. The van der Waals surface area contributed by atoms with E-state index in [2.05, 4.69) is 59.2 Å². The van der Waals surface area contributed by atoms with Gasteiger partial charge in [-0.05, 0) is 34.4 Å². The van der Waals surface area contributed by atoms with Crippen molar-refractivity contribution >= 4 is 11.0 Å². The zero-order valence-corrected chi connectivity index (χ0v) is 15.9. The molecule has 2 nitrogen and oxygen atoms in total. The molecule has 0 aliphatic rings. The molecule has 137 valence electrons. The second-order valence-corrected chi connectivity index (χ2v) is 7.12. The van der Waals surface area contributed by atoms with E-state index in [4.69, 9.17) is 11.9 Å². The van der Waals surface area contributed by atoms with Crippen molar-refractivity contribution in [1.29, 1.82) is 0 Å². The number of benzene rings is 4. The van der Waals surface area contributed by atoms with E-state index in [1.165, 1.54) is 5.56 Å². The molecule has 1 aromatic heterocycles. The van der Waals surface area contributed by atoms with Crippen LogP contribution in [0.3, 0.4) is 0 Å². The van der Waals surface area contributed by atoms with Gasteiger partial charge in [-0.25, -0.2) is 4.98 Å². The van der Waals surface area contributed by atoms with Crippen LogP contribution in [0.15, 0.2) is 103 Å². The van der Waals surface area contributed by atoms with Gasteiger partial charge in [-0.3, -0.25) is 0 Å².